The fourth-order valence-electron chi connectivity index (χ4n) is 3.14. The number of amides is 2. The van der Waals surface area contributed by atoms with Gasteiger partial charge in [0, 0.05) is 23.8 Å². The molecule has 2 rings (SSSR count). The van der Waals surface area contributed by atoms with Crippen molar-refractivity contribution in [1.29, 1.82) is 0 Å². The lowest BCUT2D eigenvalue weighted by Crippen LogP contribution is -2.36. The molecule has 0 saturated carbocycles. The molecule has 11 heteroatoms. The zero-order valence-electron chi connectivity index (χ0n) is 19.1. The second-order valence-electron chi connectivity index (χ2n) is 7.23. The highest BCUT2D eigenvalue weighted by Crippen LogP contribution is 2.27. The number of methoxy groups -OCH3 is 1. The van der Waals surface area contributed by atoms with E-state index in [0.717, 1.165) is 0 Å². The summed E-state index contributed by atoms with van der Waals surface area (Å²) in [5.41, 5.74) is 0.896. The Morgan fingerprint density at radius 2 is 1.55 bits per heavy atom. The molecule has 0 saturated heterocycles. The van der Waals surface area contributed by atoms with E-state index in [1.54, 1.807) is 44.0 Å². The van der Waals surface area contributed by atoms with Crippen LogP contribution in [0.2, 0.25) is 5.02 Å². The van der Waals surface area contributed by atoms with Crippen LogP contribution in [0, 0.1) is 0 Å². The summed E-state index contributed by atoms with van der Waals surface area (Å²) in [6.07, 6.45) is 0. The van der Waals surface area contributed by atoms with E-state index in [9.17, 15) is 18.0 Å². The van der Waals surface area contributed by atoms with Crippen molar-refractivity contribution in [3.63, 3.8) is 0 Å². The van der Waals surface area contributed by atoms with E-state index in [1.165, 1.54) is 35.7 Å². The van der Waals surface area contributed by atoms with Crippen LogP contribution < -0.4 is 15.4 Å². The molecule has 2 aromatic rings. The zero-order valence-corrected chi connectivity index (χ0v) is 20.7. The van der Waals surface area contributed by atoms with Crippen LogP contribution in [0.5, 0.6) is 5.75 Å². The van der Waals surface area contributed by atoms with Gasteiger partial charge in [0.2, 0.25) is 21.8 Å². The van der Waals surface area contributed by atoms with Gasteiger partial charge in [0.15, 0.2) is 0 Å². The average Bonchev–Trinajstić information content (AvgIpc) is 2.74. The molecule has 0 radical (unpaired) electrons. The van der Waals surface area contributed by atoms with Gasteiger partial charge in [0.1, 0.15) is 5.75 Å². The zero-order chi connectivity index (χ0) is 24.6. The van der Waals surface area contributed by atoms with Crippen molar-refractivity contribution in [1.82, 2.24) is 9.21 Å². The Labute approximate surface area is 199 Å². The van der Waals surface area contributed by atoms with E-state index in [-0.39, 0.29) is 29.8 Å². The summed E-state index contributed by atoms with van der Waals surface area (Å²) < 4.78 is 31.7. The monoisotopic (exact) mass is 496 g/mol. The van der Waals surface area contributed by atoms with Gasteiger partial charge in [-0.3, -0.25) is 14.5 Å². The Kier molecular flexibility index (Phi) is 9.66. The maximum absolute atomic E-state index is 12.5. The molecule has 0 aromatic heterocycles. The lowest BCUT2D eigenvalue weighted by molar-refractivity contribution is -0.119. The molecule has 2 N–H and O–H groups in total. The first-order chi connectivity index (χ1) is 15.6. The van der Waals surface area contributed by atoms with E-state index in [2.05, 4.69) is 10.6 Å². The number of benzene rings is 2. The summed E-state index contributed by atoms with van der Waals surface area (Å²) >= 11 is 5.97. The standard InChI is InChI=1S/C22H29ClN4O5S/c1-5-27(6-2)33(30,31)18-10-8-17(9-11-18)24-21(28)14-26(3)15-22(29)25-19-13-16(23)7-12-20(19)32-4/h7-13H,5-6,14-15H2,1-4H3,(H,24,28)(H,25,29). The van der Waals surface area contributed by atoms with Gasteiger partial charge in [-0.2, -0.15) is 4.31 Å². The molecule has 0 fully saturated rings. The molecule has 33 heavy (non-hydrogen) atoms. The fourth-order valence-corrected chi connectivity index (χ4v) is 4.77. The third kappa shape index (κ3) is 7.43. The van der Waals surface area contributed by atoms with Crippen LogP contribution in [-0.4, -0.2) is 69.8 Å². The number of nitrogens with zero attached hydrogens (tertiary/aromatic N) is 2. The molecule has 0 spiro atoms. The molecular weight excluding hydrogens is 468 g/mol. The molecule has 0 heterocycles. The smallest absolute Gasteiger partial charge is 0.243 e. The number of hydrogen-bond donors (Lipinski definition) is 2. The van der Waals surface area contributed by atoms with E-state index in [4.69, 9.17) is 16.3 Å². The van der Waals surface area contributed by atoms with Crippen molar-refractivity contribution >= 4 is 44.8 Å². The molecule has 0 unspecified atom stereocenters. The van der Waals surface area contributed by atoms with Crippen LogP contribution >= 0.6 is 11.6 Å². The summed E-state index contributed by atoms with van der Waals surface area (Å²) in [6, 6.07) is 10.9. The third-order valence-electron chi connectivity index (χ3n) is 4.74. The lowest BCUT2D eigenvalue weighted by atomic mass is 10.3. The highest BCUT2D eigenvalue weighted by Gasteiger charge is 2.21. The van der Waals surface area contributed by atoms with Gasteiger partial charge in [0.25, 0.3) is 0 Å². The molecule has 2 aromatic carbocycles. The Morgan fingerprint density at radius 1 is 0.970 bits per heavy atom. The molecule has 0 atom stereocenters. The highest BCUT2D eigenvalue weighted by molar-refractivity contribution is 7.89. The lowest BCUT2D eigenvalue weighted by Gasteiger charge is -2.19. The van der Waals surface area contributed by atoms with E-state index in [1.807, 2.05) is 0 Å². The summed E-state index contributed by atoms with van der Waals surface area (Å²) in [5.74, 6) is -0.207. The third-order valence-corrected chi connectivity index (χ3v) is 7.04. The Bertz CT molecular complexity index is 1070. The number of rotatable bonds is 11. The Balaban J connectivity index is 1.91. The van der Waals surface area contributed by atoms with Crippen LogP contribution in [0.15, 0.2) is 47.4 Å². The van der Waals surface area contributed by atoms with Gasteiger partial charge in [-0.15, -0.1) is 0 Å². The molecule has 0 bridgehead atoms. The van der Waals surface area contributed by atoms with Crippen LogP contribution in [0.1, 0.15) is 13.8 Å². The van der Waals surface area contributed by atoms with Crippen LogP contribution in [0.3, 0.4) is 0 Å². The number of carbonyl (C=O) groups excluding carboxylic acids is 2. The maximum atomic E-state index is 12.5. The van der Waals surface area contributed by atoms with Crippen molar-refractivity contribution in [3.05, 3.63) is 47.5 Å². The predicted octanol–water partition coefficient (Wildman–Crippen LogP) is 2.89. The van der Waals surface area contributed by atoms with Gasteiger partial charge in [-0.1, -0.05) is 25.4 Å². The minimum absolute atomic E-state index is 0.0376. The van der Waals surface area contributed by atoms with E-state index >= 15 is 0 Å². The maximum Gasteiger partial charge on any atom is 0.243 e. The quantitative estimate of drug-likeness (QED) is 0.495. The van der Waals surface area contributed by atoms with Gasteiger partial charge in [-0.05, 0) is 49.5 Å². The van der Waals surface area contributed by atoms with E-state index < -0.39 is 10.0 Å². The second-order valence-corrected chi connectivity index (χ2v) is 9.60. The second kappa shape index (κ2) is 12.0. The molecule has 0 aliphatic rings. The molecular formula is C22H29ClN4O5S. The van der Waals surface area contributed by atoms with Crippen molar-refractivity contribution in [2.24, 2.45) is 0 Å². The Hall–Kier alpha value is -2.66. The number of halogens is 1. The van der Waals surface area contributed by atoms with Gasteiger partial charge in [0.05, 0.1) is 30.8 Å². The average molecular weight is 497 g/mol. The minimum atomic E-state index is -3.56. The molecule has 2 amide bonds. The summed E-state index contributed by atoms with van der Waals surface area (Å²) in [7, 11) is -0.442. The first-order valence-electron chi connectivity index (χ1n) is 10.3. The highest BCUT2D eigenvalue weighted by atomic mass is 35.5. The van der Waals surface area contributed by atoms with Crippen LogP contribution in [0.4, 0.5) is 11.4 Å². The van der Waals surface area contributed by atoms with Gasteiger partial charge in [-0.25, -0.2) is 8.42 Å². The number of anilines is 2. The molecule has 0 aliphatic heterocycles. The summed E-state index contributed by atoms with van der Waals surface area (Å²) in [4.78, 5) is 26.4. The SMILES string of the molecule is CCN(CC)S(=O)(=O)c1ccc(NC(=O)CN(C)CC(=O)Nc2cc(Cl)ccc2OC)cc1. The summed E-state index contributed by atoms with van der Waals surface area (Å²) in [5, 5.41) is 5.87. The van der Waals surface area contributed by atoms with Crippen molar-refractivity contribution in [2.45, 2.75) is 18.7 Å². The van der Waals surface area contributed by atoms with E-state index in [0.29, 0.717) is 35.2 Å². The predicted molar refractivity (Wildman–Crippen MR) is 129 cm³/mol. The number of ether oxygens (including phenoxy) is 1. The molecule has 180 valence electrons. The Morgan fingerprint density at radius 3 is 2.09 bits per heavy atom. The fraction of sp³-hybridized carbons (Fsp3) is 0.364. The van der Waals surface area contributed by atoms with Crippen molar-refractivity contribution in [3.8, 4) is 5.75 Å². The topological polar surface area (TPSA) is 108 Å². The number of sulfonamides is 1. The number of nitrogens with one attached hydrogen (secondary N) is 2. The first-order valence-corrected chi connectivity index (χ1v) is 12.1. The van der Waals surface area contributed by atoms with Crippen LogP contribution in [-0.2, 0) is 19.6 Å². The van der Waals surface area contributed by atoms with Gasteiger partial charge >= 0.3 is 0 Å². The van der Waals surface area contributed by atoms with Crippen molar-refractivity contribution < 1.29 is 22.7 Å². The largest absolute Gasteiger partial charge is 0.495 e. The van der Waals surface area contributed by atoms with Crippen molar-refractivity contribution in [2.75, 3.05) is 51.0 Å². The van der Waals surface area contributed by atoms with Gasteiger partial charge < -0.3 is 15.4 Å². The number of likely N-dealkylation sites (N-methyl/N-ethyl adjacent to an activating group) is 1. The first kappa shape index (κ1) is 26.6. The summed E-state index contributed by atoms with van der Waals surface area (Å²) in [6.45, 7) is 4.22. The minimum Gasteiger partial charge on any atom is -0.495 e. The molecule has 0 aliphatic carbocycles. The number of carbonyl (C=O) groups is 2. The number of hydrogen-bond acceptors (Lipinski definition) is 6. The van der Waals surface area contributed by atoms with Crippen LogP contribution in [0.25, 0.3) is 0 Å². The molecule has 9 nitrogen and oxygen atoms in total. The normalized spacial score (nSPS) is 11.5.